The van der Waals surface area contributed by atoms with Crippen molar-refractivity contribution in [2.75, 3.05) is 5.75 Å². The topological polar surface area (TPSA) is 99.9 Å². The molecule has 0 fully saturated rings. The molecule has 28 heavy (non-hydrogen) atoms. The Morgan fingerprint density at radius 2 is 2.00 bits per heavy atom. The van der Waals surface area contributed by atoms with E-state index in [4.69, 9.17) is 0 Å². The van der Waals surface area contributed by atoms with Crippen molar-refractivity contribution in [3.8, 4) is 11.4 Å². The number of aliphatic carboxylic acids is 1. The molecule has 1 amide bonds. The number of amides is 1. The Morgan fingerprint density at radius 3 is 2.68 bits per heavy atom. The molecule has 1 aliphatic rings. The molecule has 3 rings (SSSR count). The van der Waals surface area contributed by atoms with Crippen LogP contribution in [0, 0.1) is 5.92 Å². The van der Waals surface area contributed by atoms with Crippen LogP contribution in [0.25, 0.3) is 11.4 Å². The highest BCUT2D eigenvalue weighted by Crippen LogP contribution is 2.26. The molecule has 1 aromatic heterocycles. The van der Waals surface area contributed by atoms with Crippen molar-refractivity contribution < 1.29 is 14.7 Å². The van der Waals surface area contributed by atoms with Crippen molar-refractivity contribution in [2.45, 2.75) is 31.1 Å². The number of carbonyl (C=O) groups is 2. The van der Waals surface area contributed by atoms with E-state index in [0.29, 0.717) is 11.7 Å². The highest BCUT2D eigenvalue weighted by molar-refractivity contribution is 7.99. The van der Waals surface area contributed by atoms with Gasteiger partial charge in [0.25, 0.3) is 0 Å². The van der Waals surface area contributed by atoms with Crippen LogP contribution in [-0.4, -0.2) is 37.9 Å². The van der Waals surface area contributed by atoms with Gasteiger partial charge in [0.05, 0.1) is 17.3 Å². The van der Waals surface area contributed by atoms with E-state index in [1.54, 1.807) is 25.2 Å². The standard InChI is InChI=1S/C20H22N4O3S/c1-3-24-17(14-9-5-4-6-10-14)22-23-19(24)28-13-16(25)21-20(2)12-8-7-11-15(20)18(26)27/h4-12,15H,3,13H2,1-2H3,(H,21,25)(H,26,27)/p-1. The maximum absolute atomic E-state index is 12.5. The molecule has 2 unspecified atom stereocenters. The monoisotopic (exact) mass is 397 g/mol. The van der Waals surface area contributed by atoms with Crippen molar-refractivity contribution in [3.05, 3.63) is 54.6 Å². The fraction of sp³-hybridized carbons (Fsp3) is 0.300. The predicted octanol–water partition coefficient (Wildman–Crippen LogP) is 1.42. The Labute approximate surface area is 167 Å². The first-order valence-corrected chi connectivity index (χ1v) is 9.92. The summed E-state index contributed by atoms with van der Waals surface area (Å²) in [6.45, 7) is 4.32. The van der Waals surface area contributed by atoms with Gasteiger partial charge in [-0.2, -0.15) is 0 Å². The van der Waals surface area contributed by atoms with E-state index in [0.717, 1.165) is 11.4 Å². The minimum atomic E-state index is -1.23. The highest BCUT2D eigenvalue weighted by Gasteiger charge is 2.34. The maximum atomic E-state index is 12.5. The second-order valence-corrected chi connectivity index (χ2v) is 7.52. The zero-order valence-corrected chi connectivity index (χ0v) is 16.5. The van der Waals surface area contributed by atoms with Crippen molar-refractivity contribution in [2.24, 2.45) is 5.92 Å². The average Bonchev–Trinajstić information content (AvgIpc) is 3.09. The normalized spacial score (nSPS) is 20.9. The summed E-state index contributed by atoms with van der Waals surface area (Å²) in [5.74, 6) is -1.59. The van der Waals surface area contributed by atoms with E-state index >= 15 is 0 Å². The number of hydrogen-bond donors (Lipinski definition) is 1. The molecule has 146 valence electrons. The maximum Gasteiger partial charge on any atom is 0.231 e. The summed E-state index contributed by atoms with van der Waals surface area (Å²) < 4.78 is 1.95. The molecule has 0 aliphatic heterocycles. The van der Waals surface area contributed by atoms with Crippen molar-refractivity contribution in [1.82, 2.24) is 20.1 Å². The molecule has 8 heteroatoms. The Bertz CT molecular complexity index is 923. The fourth-order valence-electron chi connectivity index (χ4n) is 3.12. The molecule has 0 spiro atoms. The molecular weight excluding hydrogens is 376 g/mol. The lowest BCUT2D eigenvalue weighted by Gasteiger charge is -2.36. The van der Waals surface area contributed by atoms with Crippen molar-refractivity contribution >= 4 is 23.6 Å². The van der Waals surface area contributed by atoms with E-state index in [2.05, 4.69) is 15.5 Å². The molecule has 1 aromatic carbocycles. The number of allylic oxidation sites excluding steroid dienone is 2. The lowest BCUT2D eigenvalue weighted by atomic mass is 9.82. The van der Waals surface area contributed by atoms with Gasteiger partial charge in [-0.15, -0.1) is 10.2 Å². The molecule has 1 aliphatic carbocycles. The number of thioether (sulfide) groups is 1. The van der Waals surface area contributed by atoms with Gasteiger partial charge in [-0.1, -0.05) is 66.4 Å². The molecule has 1 heterocycles. The Kier molecular flexibility index (Phi) is 5.99. The average molecular weight is 397 g/mol. The summed E-state index contributed by atoms with van der Waals surface area (Å²) >= 11 is 1.26. The number of benzene rings is 1. The lowest BCUT2D eigenvalue weighted by Crippen LogP contribution is -2.56. The second kappa shape index (κ2) is 8.43. The molecule has 2 atom stereocenters. The quantitative estimate of drug-likeness (QED) is 0.710. The van der Waals surface area contributed by atoms with Crippen LogP contribution >= 0.6 is 11.8 Å². The van der Waals surface area contributed by atoms with Gasteiger partial charge in [0.1, 0.15) is 0 Å². The number of carboxylic acid groups (broad SMARTS) is 1. The summed E-state index contributed by atoms with van der Waals surface area (Å²) in [5, 5.41) is 23.3. The van der Waals surface area contributed by atoms with Crippen LogP contribution < -0.4 is 10.4 Å². The van der Waals surface area contributed by atoms with Gasteiger partial charge in [-0.25, -0.2) is 0 Å². The minimum Gasteiger partial charge on any atom is -0.549 e. The highest BCUT2D eigenvalue weighted by atomic mass is 32.2. The van der Waals surface area contributed by atoms with Gasteiger partial charge in [0, 0.05) is 18.0 Å². The Balaban J connectivity index is 1.68. The Hall–Kier alpha value is -2.87. The Morgan fingerprint density at radius 1 is 1.25 bits per heavy atom. The van der Waals surface area contributed by atoms with Gasteiger partial charge in [0.2, 0.25) is 5.91 Å². The number of rotatable bonds is 7. The minimum absolute atomic E-state index is 0.0971. The summed E-state index contributed by atoms with van der Waals surface area (Å²) in [7, 11) is 0. The van der Waals surface area contributed by atoms with Crippen LogP contribution in [0.15, 0.2) is 59.8 Å². The van der Waals surface area contributed by atoms with Crippen LogP contribution in [0.1, 0.15) is 13.8 Å². The van der Waals surface area contributed by atoms with E-state index in [9.17, 15) is 14.7 Å². The van der Waals surface area contributed by atoms with E-state index < -0.39 is 17.4 Å². The summed E-state index contributed by atoms with van der Waals surface area (Å²) in [6, 6.07) is 9.73. The third kappa shape index (κ3) is 4.17. The van der Waals surface area contributed by atoms with Crippen LogP contribution in [0.3, 0.4) is 0 Å². The van der Waals surface area contributed by atoms with Crippen LogP contribution in [0.5, 0.6) is 0 Å². The van der Waals surface area contributed by atoms with E-state index in [1.807, 2.05) is 41.8 Å². The second-order valence-electron chi connectivity index (χ2n) is 6.58. The van der Waals surface area contributed by atoms with Gasteiger partial charge in [-0.3, -0.25) is 4.79 Å². The van der Waals surface area contributed by atoms with Gasteiger partial charge >= 0.3 is 0 Å². The summed E-state index contributed by atoms with van der Waals surface area (Å²) in [5.41, 5.74) is -0.0737. The van der Waals surface area contributed by atoms with Crippen LogP contribution in [0.4, 0.5) is 0 Å². The first-order valence-electron chi connectivity index (χ1n) is 8.94. The molecule has 0 saturated heterocycles. The third-order valence-corrected chi connectivity index (χ3v) is 5.53. The van der Waals surface area contributed by atoms with Gasteiger partial charge in [-0.05, 0) is 13.8 Å². The fourth-order valence-corrected chi connectivity index (χ4v) is 3.93. The number of carbonyl (C=O) groups excluding carboxylic acids is 2. The van der Waals surface area contributed by atoms with E-state index in [1.165, 1.54) is 17.8 Å². The number of aromatic nitrogens is 3. The largest absolute Gasteiger partial charge is 0.549 e. The number of hydrogen-bond acceptors (Lipinski definition) is 6. The SMILES string of the molecule is CCn1c(SCC(=O)NC2(C)C=CC=CC2C(=O)[O-])nnc1-c1ccccc1. The van der Waals surface area contributed by atoms with Crippen LogP contribution in [0.2, 0.25) is 0 Å². The van der Waals surface area contributed by atoms with Gasteiger partial charge < -0.3 is 19.8 Å². The molecule has 0 radical (unpaired) electrons. The molecular formula is C20H21N4O3S-. The molecule has 0 bridgehead atoms. The van der Waals surface area contributed by atoms with Gasteiger partial charge in [0.15, 0.2) is 11.0 Å². The zero-order chi connectivity index (χ0) is 20.1. The molecule has 2 aromatic rings. The molecule has 0 saturated carbocycles. The van der Waals surface area contributed by atoms with E-state index in [-0.39, 0.29) is 11.7 Å². The van der Waals surface area contributed by atoms with Crippen molar-refractivity contribution in [1.29, 1.82) is 0 Å². The molecule has 1 N–H and O–H groups in total. The molecule has 7 nitrogen and oxygen atoms in total. The predicted molar refractivity (Wildman–Crippen MR) is 105 cm³/mol. The van der Waals surface area contributed by atoms with Crippen LogP contribution in [-0.2, 0) is 16.1 Å². The third-order valence-electron chi connectivity index (χ3n) is 4.56. The zero-order valence-electron chi connectivity index (χ0n) is 15.7. The summed E-state index contributed by atoms with van der Waals surface area (Å²) in [4.78, 5) is 23.9. The van der Waals surface area contributed by atoms with Crippen molar-refractivity contribution in [3.63, 3.8) is 0 Å². The first kappa shape index (κ1) is 19.9. The smallest absolute Gasteiger partial charge is 0.231 e. The number of nitrogens with one attached hydrogen (secondary N) is 1. The number of carboxylic acids is 1. The number of nitrogens with zero attached hydrogens (tertiary/aromatic N) is 3. The lowest BCUT2D eigenvalue weighted by molar-refractivity contribution is -0.311. The summed E-state index contributed by atoms with van der Waals surface area (Å²) in [6.07, 6.45) is 6.53. The first-order chi connectivity index (χ1) is 13.4.